The van der Waals surface area contributed by atoms with Gasteiger partial charge in [-0.3, -0.25) is 0 Å². The first-order valence-electron chi connectivity index (χ1n) is 4.54. The Bertz CT molecular complexity index is 507. The number of thiocarbonyl (C=S) groups is 1. The molecule has 2 N–H and O–H groups in total. The minimum atomic E-state index is 0.342. The van der Waals surface area contributed by atoms with Crippen molar-refractivity contribution >= 4 is 38.8 Å². The van der Waals surface area contributed by atoms with Crippen molar-refractivity contribution in [1.82, 2.24) is 4.98 Å². The third-order valence-corrected chi connectivity index (χ3v) is 3.27. The number of hydrogen-bond acceptors (Lipinski definition) is 4. The van der Waals surface area contributed by atoms with Crippen LogP contribution in [-0.2, 0) is 0 Å². The monoisotopic (exact) mass is 238 g/mol. The number of rotatable bonds is 3. The molecule has 0 saturated carbocycles. The van der Waals surface area contributed by atoms with Crippen molar-refractivity contribution in [2.24, 2.45) is 5.73 Å². The Morgan fingerprint density at radius 3 is 3.07 bits per heavy atom. The van der Waals surface area contributed by atoms with Crippen LogP contribution >= 0.6 is 23.6 Å². The molecule has 0 bridgehead atoms. The highest BCUT2D eigenvalue weighted by Gasteiger charge is 2.06. The quantitative estimate of drug-likeness (QED) is 0.834. The summed E-state index contributed by atoms with van der Waals surface area (Å²) in [5.41, 5.74) is 6.41. The molecule has 5 heteroatoms. The van der Waals surface area contributed by atoms with Crippen LogP contribution in [0.1, 0.15) is 11.9 Å². The number of ether oxygens (including phenoxy) is 1. The molecule has 0 aliphatic carbocycles. The van der Waals surface area contributed by atoms with E-state index in [1.807, 2.05) is 25.1 Å². The molecule has 2 rings (SSSR count). The fourth-order valence-corrected chi connectivity index (χ4v) is 2.24. The largest absolute Gasteiger partial charge is 0.494 e. The number of nitrogens with two attached hydrogens (primary N) is 1. The summed E-state index contributed by atoms with van der Waals surface area (Å²) in [7, 11) is 0. The van der Waals surface area contributed by atoms with E-state index in [0.29, 0.717) is 16.6 Å². The van der Waals surface area contributed by atoms with E-state index < -0.39 is 0 Å². The second-order valence-electron chi connectivity index (χ2n) is 2.95. The van der Waals surface area contributed by atoms with Crippen molar-refractivity contribution in [3.8, 4) is 5.75 Å². The first kappa shape index (κ1) is 10.3. The van der Waals surface area contributed by atoms with Gasteiger partial charge in [0.2, 0.25) is 0 Å². The molecule has 3 nitrogen and oxygen atoms in total. The van der Waals surface area contributed by atoms with Crippen LogP contribution in [0.3, 0.4) is 0 Å². The molecule has 0 amide bonds. The molecule has 0 spiro atoms. The van der Waals surface area contributed by atoms with Crippen LogP contribution < -0.4 is 10.5 Å². The summed E-state index contributed by atoms with van der Waals surface area (Å²) in [4.78, 5) is 4.67. The Morgan fingerprint density at radius 2 is 2.40 bits per heavy atom. The standard InChI is InChI=1S/C10H10N2OS2/c1-2-13-6-3-4-8-7(5-6)12-10(15-8)9(11)14/h3-5H,2H2,1H3,(H2,11,14). The van der Waals surface area contributed by atoms with E-state index in [2.05, 4.69) is 4.98 Å². The normalized spacial score (nSPS) is 10.5. The molecule has 1 heterocycles. The van der Waals surface area contributed by atoms with E-state index >= 15 is 0 Å². The molecule has 1 aromatic heterocycles. The van der Waals surface area contributed by atoms with Crippen molar-refractivity contribution < 1.29 is 4.74 Å². The summed E-state index contributed by atoms with van der Waals surface area (Å²) >= 11 is 6.38. The maximum absolute atomic E-state index is 5.52. The van der Waals surface area contributed by atoms with E-state index in [-0.39, 0.29) is 0 Å². The highest BCUT2D eigenvalue weighted by molar-refractivity contribution is 7.81. The summed E-state index contributed by atoms with van der Waals surface area (Å²) in [6, 6.07) is 5.80. The van der Waals surface area contributed by atoms with Gasteiger partial charge in [0.15, 0.2) is 5.01 Å². The molecule has 0 radical (unpaired) electrons. The number of benzene rings is 1. The molecular formula is C10H10N2OS2. The van der Waals surface area contributed by atoms with Crippen LogP contribution in [0, 0.1) is 0 Å². The Hall–Kier alpha value is -1.20. The topological polar surface area (TPSA) is 48.1 Å². The summed E-state index contributed by atoms with van der Waals surface area (Å²) in [5, 5.41) is 0.702. The fourth-order valence-electron chi connectivity index (χ4n) is 1.27. The average Bonchev–Trinajstić information content (AvgIpc) is 2.61. The van der Waals surface area contributed by atoms with Gasteiger partial charge >= 0.3 is 0 Å². The lowest BCUT2D eigenvalue weighted by Gasteiger charge is -2.00. The molecule has 0 fully saturated rings. The molecule has 0 saturated heterocycles. The maximum Gasteiger partial charge on any atom is 0.151 e. The Kier molecular flexibility index (Phi) is 2.83. The van der Waals surface area contributed by atoms with Gasteiger partial charge in [0.05, 0.1) is 16.8 Å². The van der Waals surface area contributed by atoms with Gasteiger partial charge in [0.25, 0.3) is 0 Å². The van der Waals surface area contributed by atoms with Gasteiger partial charge in [0.1, 0.15) is 10.7 Å². The first-order valence-corrected chi connectivity index (χ1v) is 5.76. The van der Waals surface area contributed by atoms with Crippen molar-refractivity contribution in [2.75, 3.05) is 6.61 Å². The van der Waals surface area contributed by atoms with Crippen molar-refractivity contribution in [2.45, 2.75) is 6.92 Å². The van der Waals surface area contributed by atoms with Crippen LogP contribution in [-0.4, -0.2) is 16.6 Å². The molecule has 0 atom stereocenters. The lowest BCUT2D eigenvalue weighted by molar-refractivity contribution is 0.340. The van der Waals surface area contributed by atoms with Crippen LogP contribution in [0.15, 0.2) is 18.2 Å². The average molecular weight is 238 g/mol. The molecule has 0 aliphatic rings. The third kappa shape index (κ3) is 2.08. The zero-order valence-corrected chi connectivity index (χ0v) is 9.82. The minimum absolute atomic E-state index is 0.342. The number of hydrogen-bond donors (Lipinski definition) is 1. The second-order valence-corrected chi connectivity index (χ2v) is 4.42. The Labute approximate surface area is 96.9 Å². The fraction of sp³-hybridized carbons (Fsp3) is 0.200. The van der Waals surface area contributed by atoms with Gasteiger partial charge in [0, 0.05) is 6.07 Å². The van der Waals surface area contributed by atoms with Crippen LogP contribution in [0.2, 0.25) is 0 Å². The smallest absolute Gasteiger partial charge is 0.151 e. The number of aromatic nitrogens is 1. The maximum atomic E-state index is 5.52. The van der Waals surface area contributed by atoms with Gasteiger partial charge in [-0.1, -0.05) is 12.2 Å². The summed E-state index contributed by atoms with van der Waals surface area (Å²) in [6.07, 6.45) is 0. The zero-order chi connectivity index (χ0) is 10.8. The van der Waals surface area contributed by atoms with Gasteiger partial charge in [-0.25, -0.2) is 4.98 Å². The van der Waals surface area contributed by atoms with E-state index in [0.717, 1.165) is 16.0 Å². The van der Waals surface area contributed by atoms with Crippen molar-refractivity contribution in [1.29, 1.82) is 0 Å². The number of fused-ring (bicyclic) bond motifs is 1. The van der Waals surface area contributed by atoms with Crippen LogP contribution in [0.5, 0.6) is 5.75 Å². The number of nitrogens with zero attached hydrogens (tertiary/aromatic N) is 1. The van der Waals surface area contributed by atoms with Gasteiger partial charge in [-0.05, 0) is 19.1 Å². The van der Waals surface area contributed by atoms with E-state index in [1.165, 1.54) is 11.3 Å². The zero-order valence-electron chi connectivity index (χ0n) is 8.19. The SMILES string of the molecule is CCOc1ccc2sc(C(N)=S)nc2c1. The first-order chi connectivity index (χ1) is 7.20. The Morgan fingerprint density at radius 1 is 1.60 bits per heavy atom. The lowest BCUT2D eigenvalue weighted by Crippen LogP contribution is -2.08. The minimum Gasteiger partial charge on any atom is -0.494 e. The summed E-state index contributed by atoms with van der Waals surface area (Å²) in [5.74, 6) is 0.824. The molecule has 0 unspecified atom stereocenters. The predicted octanol–water partition coefficient (Wildman–Crippen LogP) is 2.33. The van der Waals surface area contributed by atoms with Gasteiger partial charge in [-0.15, -0.1) is 11.3 Å². The van der Waals surface area contributed by atoms with Crippen LogP contribution in [0.25, 0.3) is 10.2 Å². The summed E-state index contributed by atoms with van der Waals surface area (Å²) < 4.78 is 6.45. The van der Waals surface area contributed by atoms with E-state index in [9.17, 15) is 0 Å². The highest BCUT2D eigenvalue weighted by atomic mass is 32.1. The van der Waals surface area contributed by atoms with Gasteiger partial charge in [-0.2, -0.15) is 0 Å². The molecule has 2 aromatic rings. The molecule has 78 valence electrons. The van der Waals surface area contributed by atoms with Gasteiger partial charge < -0.3 is 10.5 Å². The third-order valence-electron chi connectivity index (χ3n) is 1.88. The lowest BCUT2D eigenvalue weighted by atomic mass is 10.3. The molecular weight excluding hydrogens is 228 g/mol. The highest BCUT2D eigenvalue weighted by Crippen LogP contribution is 2.25. The van der Waals surface area contributed by atoms with E-state index in [1.54, 1.807) is 0 Å². The predicted molar refractivity (Wildman–Crippen MR) is 66.7 cm³/mol. The van der Waals surface area contributed by atoms with Crippen molar-refractivity contribution in [3.63, 3.8) is 0 Å². The number of thiazole rings is 1. The van der Waals surface area contributed by atoms with E-state index in [4.69, 9.17) is 22.7 Å². The molecule has 1 aromatic carbocycles. The van der Waals surface area contributed by atoms with Crippen molar-refractivity contribution in [3.05, 3.63) is 23.2 Å². The molecule has 0 aliphatic heterocycles. The second kappa shape index (κ2) is 4.12. The van der Waals surface area contributed by atoms with Crippen LogP contribution in [0.4, 0.5) is 0 Å². The summed E-state index contributed by atoms with van der Waals surface area (Å²) in [6.45, 7) is 2.60. The Balaban J connectivity index is 2.47. The molecule has 15 heavy (non-hydrogen) atoms.